The van der Waals surface area contributed by atoms with Gasteiger partial charge < -0.3 is 19.4 Å². The van der Waals surface area contributed by atoms with Crippen molar-refractivity contribution in [3.05, 3.63) is 81.5 Å². The monoisotopic (exact) mass is 407 g/mol. The van der Waals surface area contributed by atoms with Gasteiger partial charge in [-0.1, -0.05) is 12.1 Å². The highest BCUT2D eigenvalue weighted by Gasteiger charge is 2.17. The molecule has 3 aromatic rings. The van der Waals surface area contributed by atoms with Gasteiger partial charge in [-0.05, 0) is 54.8 Å². The number of aryl methyl sites for hydroxylation is 3. The lowest BCUT2D eigenvalue weighted by molar-refractivity contribution is 0.102. The number of nitrogens with zero attached hydrogens (tertiary/aromatic N) is 2. The quantitative estimate of drug-likeness (QED) is 0.646. The first-order valence-electron chi connectivity index (χ1n) is 9.58. The molecule has 0 spiro atoms. The van der Waals surface area contributed by atoms with Crippen molar-refractivity contribution in [2.24, 2.45) is 0 Å². The van der Waals surface area contributed by atoms with Crippen LogP contribution in [0.3, 0.4) is 0 Å². The van der Waals surface area contributed by atoms with Gasteiger partial charge in [0.15, 0.2) is 0 Å². The third-order valence-corrected chi connectivity index (χ3v) is 4.71. The van der Waals surface area contributed by atoms with Gasteiger partial charge in [0, 0.05) is 20.5 Å². The predicted octanol–water partition coefficient (Wildman–Crippen LogP) is 3.46. The molecule has 3 rings (SSSR count). The summed E-state index contributed by atoms with van der Waals surface area (Å²) >= 11 is 0. The van der Waals surface area contributed by atoms with E-state index in [9.17, 15) is 9.59 Å². The normalized spacial score (nSPS) is 10.5. The van der Waals surface area contributed by atoms with E-state index in [0.29, 0.717) is 29.9 Å². The van der Waals surface area contributed by atoms with Gasteiger partial charge in [-0.25, -0.2) is 9.78 Å². The molecule has 7 nitrogen and oxygen atoms in total. The number of carbonyl (C=O) groups excluding carboxylic acids is 1. The minimum atomic E-state index is -0.643. The molecule has 0 saturated heterocycles. The topological polar surface area (TPSA) is 84.7 Å². The molecule has 7 heteroatoms. The first-order chi connectivity index (χ1) is 14.4. The minimum absolute atomic E-state index is 0.000108. The summed E-state index contributed by atoms with van der Waals surface area (Å²) in [4.78, 5) is 31.2. The number of aromatic nitrogens is 1. The Kier molecular flexibility index (Phi) is 6.51. The zero-order chi connectivity index (χ0) is 21.7. The summed E-state index contributed by atoms with van der Waals surface area (Å²) in [5, 5.41) is 2.70. The number of carbonyl (C=O) groups is 1. The number of hydrogen-bond donors (Lipinski definition) is 1. The van der Waals surface area contributed by atoms with Crippen LogP contribution < -0.4 is 20.6 Å². The van der Waals surface area contributed by atoms with Crippen molar-refractivity contribution in [3.63, 3.8) is 0 Å². The molecule has 1 amide bonds. The number of nitrogens with one attached hydrogen (secondary N) is 1. The fourth-order valence-electron chi connectivity index (χ4n) is 3.05. The Bertz CT molecular complexity index is 1070. The zero-order valence-corrected chi connectivity index (χ0v) is 17.6. The molecule has 156 valence electrons. The molecule has 0 fully saturated rings. The Hall–Kier alpha value is -3.61. The summed E-state index contributed by atoms with van der Waals surface area (Å²) in [6, 6.07) is 13.0. The lowest BCUT2D eigenvalue weighted by atomic mass is 10.1. The number of hydrogen-bond acceptors (Lipinski definition) is 6. The molecule has 0 radical (unpaired) electrons. The van der Waals surface area contributed by atoms with Gasteiger partial charge in [-0.15, -0.1) is 0 Å². The van der Waals surface area contributed by atoms with E-state index in [-0.39, 0.29) is 5.56 Å². The van der Waals surface area contributed by atoms with E-state index in [1.807, 2.05) is 43.3 Å². The van der Waals surface area contributed by atoms with Crippen LogP contribution in [0.15, 0.2) is 57.9 Å². The molecule has 0 unspecified atom stereocenters. The summed E-state index contributed by atoms with van der Waals surface area (Å²) in [6.07, 6.45) is 2.81. The van der Waals surface area contributed by atoms with Gasteiger partial charge in [-0.2, -0.15) is 0 Å². The fraction of sp³-hybridized carbons (Fsp3) is 0.261. The molecular formula is C23H25N3O4. The number of ether oxygens (including phenoxy) is 1. The van der Waals surface area contributed by atoms with Gasteiger partial charge in [0.25, 0.3) is 5.91 Å². The average Bonchev–Trinajstić information content (AvgIpc) is 2.72. The predicted molar refractivity (Wildman–Crippen MR) is 117 cm³/mol. The second-order valence-corrected chi connectivity index (χ2v) is 7.16. The second-order valence-electron chi connectivity index (χ2n) is 7.16. The maximum Gasteiger partial charge on any atom is 0.349 e. The molecule has 2 heterocycles. The van der Waals surface area contributed by atoms with Crippen molar-refractivity contribution >= 4 is 17.4 Å². The van der Waals surface area contributed by atoms with Crippen molar-refractivity contribution in [2.75, 3.05) is 31.4 Å². The van der Waals surface area contributed by atoms with Crippen LogP contribution in [0.25, 0.3) is 0 Å². The van der Waals surface area contributed by atoms with Gasteiger partial charge in [0.05, 0.1) is 19.0 Å². The highest BCUT2D eigenvalue weighted by atomic mass is 16.5. The second kappa shape index (κ2) is 9.26. The Balaban J connectivity index is 1.70. The summed E-state index contributed by atoms with van der Waals surface area (Å²) in [5.41, 5.74) is 1.54. The molecule has 1 aromatic carbocycles. The van der Waals surface area contributed by atoms with E-state index in [2.05, 4.69) is 10.3 Å². The van der Waals surface area contributed by atoms with Crippen LogP contribution in [0, 0.1) is 6.92 Å². The largest absolute Gasteiger partial charge is 0.497 e. The van der Waals surface area contributed by atoms with Crippen molar-refractivity contribution < 1.29 is 13.9 Å². The van der Waals surface area contributed by atoms with Crippen LogP contribution in [0.5, 0.6) is 5.75 Å². The number of amides is 1. The first-order valence-corrected chi connectivity index (χ1v) is 9.58. The lowest BCUT2D eigenvalue weighted by Crippen LogP contribution is -2.23. The van der Waals surface area contributed by atoms with Crippen molar-refractivity contribution in [2.45, 2.75) is 19.8 Å². The molecule has 0 aliphatic carbocycles. The van der Waals surface area contributed by atoms with Crippen LogP contribution in [-0.2, 0) is 12.8 Å². The smallest absolute Gasteiger partial charge is 0.349 e. The third-order valence-electron chi connectivity index (χ3n) is 4.71. The molecule has 1 N–H and O–H groups in total. The Labute approximate surface area is 175 Å². The van der Waals surface area contributed by atoms with Crippen LogP contribution in [0.1, 0.15) is 27.2 Å². The summed E-state index contributed by atoms with van der Waals surface area (Å²) in [5.74, 6) is 1.59. The maximum absolute atomic E-state index is 12.6. The standard InChI is InChI=1S/C23H25N3O4/c1-15-13-19(11-7-16-5-9-18(29-4)10-6-16)30-23(28)21(15)22(27)25-17-8-12-20(24-14-17)26(2)3/h5-6,8-10,12-14H,7,11H2,1-4H3,(H,25,27). The maximum atomic E-state index is 12.6. The van der Waals surface area contributed by atoms with E-state index >= 15 is 0 Å². The number of methoxy groups -OCH3 is 1. The first kappa shape index (κ1) is 21.1. The number of pyridine rings is 1. The summed E-state index contributed by atoms with van der Waals surface area (Å²) < 4.78 is 10.6. The molecule has 30 heavy (non-hydrogen) atoms. The van der Waals surface area contributed by atoms with Crippen LogP contribution >= 0.6 is 0 Å². The fourth-order valence-corrected chi connectivity index (χ4v) is 3.05. The average molecular weight is 407 g/mol. The van der Waals surface area contributed by atoms with Gasteiger partial charge in [0.2, 0.25) is 0 Å². The van der Waals surface area contributed by atoms with E-state index in [4.69, 9.17) is 9.15 Å². The zero-order valence-electron chi connectivity index (χ0n) is 17.6. The summed E-state index contributed by atoms with van der Waals surface area (Å²) in [6.45, 7) is 1.73. The Morgan fingerprint density at radius 1 is 1.13 bits per heavy atom. The van der Waals surface area contributed by atoms with E-state index in [0.717, 1.165) is 17.1 Å². The molecular weight excluding hydrogens is 382 g/mol. The Morgan fingerprint density at radius 3 is 2.43 bits per heavy atom. The van der Waals surface area contributed by atoms with Crippen molar-refractivity contribution in [3.8, 4) is 5.75 Å². The van der Waals surface area contributed by atoms with Gasteiger partial charge >= 0.3 is 5.63 Å². The SMILES string of the molecule is COc1ccc(CCc2cc(C)c(C(=O)Nc3ccc(N(C)C)nc3)c(=O)o2)cc1. The Morgan fingerprint density at radius 2 is 1.87 bits per heavy atom. The van der Waals surface area contributed by atoms with Crippen molar-refractivity contribution in [1.29, 1.82) is 0 Å². The van der Waals surface area contributed by atoms with Crippen LogP contribution in [-0.4, -0.2) is 32.1 Å². The molecule has 0 aliphatic rings. The van der Waals surface area contributed by atoms with E-state index in [1.165, 1.54) is 0 Å². The van der Waals surface area contributed by atoms with Crippen molar-refractivity contribution in [1.82, 2.24) is 4.98 Å². The van der Waals surface area contributed by atoms with E-state index in [1.54, 1.807) is 38.4 Å². The van der Waals surface area contributed by atoms with Crippen LogP contribution in [0.4, 0.5) is 11.5 Å². The molecule has 0 atom stereocenters. The molecule has 2 aromatic heterocycles. The van der Waals surface area contributed by atoms with E-state index < -0.39 is 11.5 Å². The molecule has 0 aliphatic heterocycles. The number of benzene rings is 1. The highest BCUT2D eigenvalue weighted by molar-refractivity contribution is 6.04. The highest BCUT2D eigenvalue weighted by Crippen LogP contribution is 2.16. The number of rotatable bonds is 7. The lowest BCUT2D eigenvalue weighted by Gasteiger charge is -2.12. The van der Waals surface area contributed by atoms with Crippen LogP contribution in [0.2, 0.25) is 0 Å². The summed E-state index contributed by atoms with van der Waals surface area (Å²) in [7, 11) is 5.39. The minimum Gasteiger partial charge on any atom is -0.497 e. The number of anilines is 2. The van der Waals surface area contributed by atoms with Gasteiger partial charge in [-0.3, -0.25) is 4.79 Å². The van der Waals surface area contributed by atoms with Gasteiger partial charge in [0.1, 0.15) is 22.9 Å². The third kappa shape index (κ3) is 5.05. The molecule has 0 bridgehead atoms. The molecule has 0 saturated carbocycles.